The van der Waals surface area contributed by atoms with Gasteiger partial charge in [-0.25, -0.2) is 21.6 Å². The Morgan fingerprint density at radius 1 is 1.19 bits per heavy atom. The van der Waals surface area contributed by atoms with Gasteiger partial charge in [-0.3, -0.25) is 9.48 Å². The highest BCUT2D eigenvalue weighted by molar-refractivity contribution is 7.92. The number of aromatic nitrogens is 2. The lowest BCUT2D eigenvalue weighted by molar-refractivity contribution is -0.0303. The molecule has 0 spiro atoms. The molecule has 7 nitrogen and oxygen atoms in total. The van der Waals surface area contributed by atoms with Crippen molar-refractivity contribution in [1.82, 2.24) is 9.78 Å². The van der Waals surface area contributed by atoms with E-state index in [0.717, 1.165) is 6.07 Å². The van der Waals surface area contributed by atoms with Crippen LogP contribution in [-0.4, -0.2) is 40.1 Å². The average Bonchev–Trinajstić information content (AvgIpc) is 3.53. The number of carbonyl (C=O) groups is 1. The molecule has 3 aromatic rings. The first-order chi connectivity index (χ1) is 17.0. The SMILES string of the molecule is O=C(Nc1cc(F)c(F)c(F)c1)c1ccc(Cl)c(S(=O)(=O)[C@@H]2C3CCC2[C@@](O)(Cn2cccn2)C3)c1. The number of hydrogen-bond acceptors (Lipinski definition) is 5. The molecule has 2 aromatic carbocycles. The summed E-state index contributed by atoms with van der Waals surface area (Å²) in [6.07, 6.45) is 4.73. The van der Waals surface area contributed by atoms with Crippen LogP contribution < -0.4 is 5.32 Å². The van der Waals surface area contributed by atoms with Gasteiger partial charge in [0.1, 0.15) is 0 Å². The third kappa shape index (κ3) is 4.18. The smallest absolute Gasteiger partial charge is 0.255 e. The molecule has 5 rings (SSSR count). The van der Waals surface area contributed by atoms with Gasteiger partial charge < -0.3 is 10.4 Å². The molecule has 36 heavy (non-hydrogen) atoms. The number of sulfone groups is 1. The second kappa shape index (κ2) is 8.89. The minimum absolute atomic E-state index is 0.0904. The highest BCUT2D eigenvalue weighted by Gasteiger charge is 2.61. The summed E-state index contributed by atoms with van der Waals surface area (Å²) in [7, 11) is -4.07. The number of carbonyl (C=O) groups excluding carboxylic acids is 1. The van der Waals surface area contributed by atoms with Crippen LogP contribution in [0.3, 0.4) is 0 Å². The molecule has 4 atom stereocenters. The second-order valence-electron chi connectivity index (χ2n) is 9.32. The van der Waals surface area contributed by atoms with Gasteiger partial charge in [0.05, 0.1) is 27.3 Å². The van der Waals surface area contributed by atoms with E-state index in [9.17, 15) is 31.5 Å². The van der Waals surface area contributed by atoms with Crippen molar-refractivity contribution in [2.24, 2.45) is 11.8 Å². The van der Waals surface area contributed by atoms with E-state index >= 15 is 0 Å². The van der Waals surface area contributed by atoms with Crippen molar-refractivity contribution in [1.29, 1.82) is 0 Å². The fraction of sp³-hybridized carbons (Fsp3) is 0.333. The maximum atomic E-state index is 13.8. The third-order valence-corrected chi connectivity index (χ3v) is 9.93. The van der Waals surface area contributed by atoms with Crippen LogP contribution in [0.1, 0.15) is 29.6 Å². The molecule has 0 radical (unpaired) electrons. The van der Waals surface area contributed by atoms with Crippen molar-refractivity contribution in [3.05, 3.63) is 76.8 Å². The Labute approximate surface area is 209 Å². The van der Waals surface area contributed by atoms with Gasteiger partial charge >= 0.3 is 0 Å². The van der Waals surface area contributed by atoms with E-state index in [2.05, 4.69) is 10.4 Å². The zero-order chi connectivity index (χ0) is 25.8. The molecule has 0 saturated heterocycles. The highest BCUT2D eigenvalue weighted by Crippen LogP contribution is 2.55. The summed E-state index contributed by atoms with van der Waals surface area (Å²) in [6.45, 7) is 0.161. The number of anilines is 1. The molecular weight excluding hydrogens is 519 g/mol. The molecule has 2 bridgehead atoms. The molecule has 2 fully saturated rings. The minimum atomic E-state index is -4.07. The van der Waals surface area contributed by atoms with E-state index in [-0.39, 0.29) is 33.6 Å². The van der Waals surface area contributed by atoms with Crippen molar-refractivity contribution >= 4 is 33.0 Å². The summed E-state index contributed by atoms with van der Waals surface area (Å²) in [5, 5.41) is 16.7. The summed E-state index contributed by atoms with van der Waals surface area (Å²) in [4.78, 5) is 12.5. The van der Waals surface area contributed by atoms with Crippen molar-refractivity contribution in [2.45, 2.75) is 41.6 Å². The summed E-state index contributed by atoms with van der Waals surface area (Å²) in [5.41, 5.74) is -1.72. The average molecular weight is 540 g/mol. The maximum Gasteiger partial charge on any atom is 0.255 e. The Morgan fingerprint density at radius 2 is 1.92 bits per heavy atom. The van der Waals surface area contributed by atoms with Gasteiger partial charge in [-0.2, -0.15) is 5.10 Å². The van der Waals surface area contributed by atoms with Gasteiger partial charge in [-0.1, -0.05) is 11.6 Å². The Kier molecular flexibility index (Phi) is 6.12. The standard InChI is InChI=1S/C24H21ClF3N3O4S/c25-17-5-3-13(23(32)30-15-9-18(26)21(28)19(27)10-15)8-20(17)36(34,35)22-14-2-4-16(22)24(33,11-14)12-31-7-1-6-29-31/h1,3,5-10,14,16,22,33H,2,4,11-12H2,(H,30,32)/t14?,16?,22-,24+/m1/s1. The number of hydrogen-bond donors (Lipinski definition) is 2. The van der Waals surface area contributed by atoms with Crippen molar-refractivity contribution in [2.75, 3.05) is 5.32 Å². The number of fused-ring (bicyclic) bond motifs is 2. The number of aliphatic hydroxyl groups is 1. The lowest BCUT2D eigenvalue weighted by atomic mass is 9.84. The second-order valence-corrected chi connectivity index (χ2v) is 11.8. The first kappa shape index (κ1) is 24.8. The molecule has 1 aromatic heterocycles. The Morgan fingerprint density at radius 3 is 2.58 bits per heavy atom. The predicted molar refractivity (Wildman–Crippen MR) is 125 cm³/mol. The van der Waals surface area contributed by atoms with E-state index in [1.165, 1.54) is 12.1 Å². The monoisotopic (exact) mass is 539 g/mol. The number of nitrogens with zero attached hydrogens (tertiary/aromatic N) is 2. The number of amides is 1. The quantitative estimate of drug-likeness (QED) is 0.457. The molecule has 2 aliphatic rings. The van der Waals surface area contributed by atoms with Crippen LogP contribution in [0.15, 0.2) is 53.7 Å². The number of halogens is 4. The van der Waals surface area contributed by atoms with Crippen LogP contribution >= 0.6 is 11.6 Å². The molecule has 1 amide bonds. The van der Waals surface area contributed by atoms with Crippen LogP contribution in [0.4, 0.5) is 18.9 Å². The molecular formula is C24H21ClF3N3O4S. The molecule has 2 unspecified atom stereocenters. The predicted octanol–water partition coefficient (Wildman–Crippen LogP) is 4.21. The number of nitrogens with one attached hydrogen (secondary N) is 1. The number of rotatable bonds is 6. The zero-order valence-electron chi connectivity index (χ0n) is 18.7. The molecule has 0 aliphatic heterocycles. The first-order valence-electron chi connectivity index (χ1n) is 11.2. The number of benzene rings is 2. The van der Waals surface area contributed by atoms with E-state index in [0.29, 0.717) is 31.4 Å². The molecule has 2 N–H and O–H groups in total. The lowest BCUT2D eigenvalue weighted by Crippen LogP contribution is -2.42. The Bertz CT molecular complexity index is 1430. The zero-order valence-corrected chi connectivity index (χ0v) is 20.2. The van der Waals surface area contributed by atoms with Crippen LogP contribution in [-0.2, 0) is 16.4 Å². The van der Waals surface area contributed by atoms with E-state index < -0.39 is 50.0 Å². The minimum Gasteiger partial charge on any atom is -0.388 e. The largest absolute Gasteiger partial charge is 0.388 e. The summed E-state index contributed by atoms with van der Waals surface area (Å²) >= 11 is 6.26. The summed E-state index contributed by atoms with van der Waals surface area (Å²) in [5.74, 6) is -6.34. The summed E-state index contributed by atoms with van der Waals surface area (Å²) in [6, 6.07) is 6.57. The topological polar surface area (TPSA) is 101 Å². The van der Waals surface area contributed by atoms with Crippen molar-refractivity contribution in [3.63, 3.8) is 0 Å². The Balaban J connectivity index is 1.43. The van der Waals surface area contributed by atoms with Gasteiger partial charge in [0.25, 0.3) is 5.91 Å². The van der Waals surface area contributed by atoms with Gasteiger partial charge in [0.2, 0.25) is 0 Å². The highest BCUT2D eigenvalue weighted by atomic mass is 35.5. The van der Waals surface area contributed by atoms with Gasteiger partial charge in [-0.15, -0.1) is 0 Å². The third-order valence-electron chi connectivity index (χ3n) is 7.11. The molecule has 190 valence electrons. The molecule has 2 saturated carbocycles. The lowest BCUT2D eigenvalue weighted by Gasteiger charge is -2.32. The van der Waals surface area contributed by atoms with Crippen LogP contribution in [0.2, 0.25) is 5.02 Å². The van der Waals surface area contributed by atoms with E-state index in [4.69, 9.17) is 11.6 Å². The summed E-state index contributed by atoms with van der Waals surface area (Å²) < 4.78 is 69.4. The van der Waals surface area contributed by atoms with Crippen LogP contribution in [0, 0.1) is 29.3 Å². The maximum absolute atomic E-state index is 13.8. The first-order valence-corrected chi connectivity index (χ1v) is 13.1. The van der Waals surface area contributed by atoms with Crippen LogP contribution in [0.5, 0.6) is 0 Å². The van der Waals surface area contributed by atoms with Crippen molar-refractivity contribution in [3.8, 4) is 0 Å². The fourth-order valence-corrected chi connectivity index (χ4v) is 8.54. The van der Waals surface area contributed by atoms with E-state index in [1.54, 1.807) is 23.1 Å². The van der Waals surface area contributed by atoms with Crippen molar-refractivity contribution < 1.29 is 31.5 Å². The Hall–Kier alpha value is -2.89. The normalized spacial score (nSPS) is 25.3. The molecule has 12 heteroatoms. The molecule has 2 aliphatic carbocycles. The van der Waals surface area contributed by atoms with Gasteiger partial charge in [-0.05, 0) is 49.4 Å². The van der Waals surface area contributed by atoms with Gasteiger partial charge in [0, 0.05) is 41.7 Å². The van der Waals surface area contributed by atoms with E-state index in [1.807, 2.05) is 0 Å². The molecule has 1 heterocycles. The van der Waals surface area contributed by atoms with Gasteiger partial charge in [0.15, 0.2) is 27.3 Å². The fourth-order valence-electron chi connectivity index (χ4n) is 5.61. The van der Waals surface area contributed by atoms with Crippen LogP contribution in [0.25, 0.3) is 0 Å².